The molecule has 0 atom stereocenters. The van der Waals surface area contributed by atoms with Gasteiger partial charge in [0.1, 0.15) is 5.52 Å². The zero-order chi connectivity index (χ0) is 22.5. The first-order valence-electron chi connectivity index (χ1n) is 9.48. The molecule has 32 heavy (non-hydrogen) atoms. The summed E-state index contributed by atoms with van der Waals surface area (Å²) in [6, 6.07) is 7.32. The Bertz CT molecular complexity index is 1450. The Kier molecular flexibility index (Phi) is 4.98. The lowest BCUT2D eigenvalue weighted by molar-refractivity contribution is -0.137. The van der Waals surface area contributed by atoms with E-state index in [1.807, 2.05) is 31.3 Å². The van der Waals surface area contributed by atoms with Crippen LogP contribution in [0.4, 0.5) is 24.8 Å². The van der Waals surface area contributed by atoms with Crippen LogP contribution in [-0.4, -0.2) is 25.9 Å². The molecule has 1 aliphatic rings. The van der Waals surface area contributed by atoms with Crippen molar-refractivity contribution in [2.24, 2.45) is 0 Å². The molecule has 0 aliphatic carbocycles. The molecule has 0 radical (unpaired) electrons. The quantitative estimate of drug-likeness (QED) is 0.450. The van der Waals surface area contributed by atoms with E-state index in [0.29, 0.717) is 12.3 Å². The van der Waals surface area contributed by atoms with Gasteiger partial charge < -0.3 is 15.1 Å². The van der Waals surface area contributed by atoms with E-state index < -0.39 is 11.7 Å². The van der Waals surface area contributed by atoms with Crippen LogP contribution in [-0.2, 0) is 6.18 Å². The van der Waals surface area contributed by atoms with Crippen LogP contribution >= 0.6 is 23.1 Å². The minimum atomic E-state index is -4.49. The van der Waals surface area contributed by atoms with Crippen molar-refractivity contribution in [3.8, 4) is 5.75 Å². The summed E-state index contributed by atoms with van der Waals surface area (Å²) >= 11 is 7.46. The number of hydroxylamine groups is 2. The highest BCUT2D eigenvalue weighted by atomic mass is 35.5. The topological polar surface area (TPSA) is 66.1 Å². The van der Waals surface area contributed by atoms with Crippen LogP contribution in [0.3, 0.4) is 0 Å². The monoisotopic (exact) mass is 477 g/mol. The lowest BCUT2D eigenvalue weighted by Crippen LogP contribution is -2.34. The van der Waals surface area contributed by atoms with E-state index in [4.69, 9.17) is 16.4 Å². The van der Waals surface area contributed by atoms with Crippen LogP contribution in [0.1, 0.15) is 11.1 Å². The first-order valence-corrected chi connectivity index (χ1v) is 10.6. The molecule has 2 aromatic heterocycles. The molecule has 2 N–H and O–H groups in total. The number of nitrogens with one attached hydrogen (secondary N) is 2. The summed E-state index contributed by atoms with van der Waals surface area (Å²) in [6.45, 7) is 2.49. The summed E-state index contributed by atoms with van der Waals surface area (Å²) in [5.74, 6) is 0.932. The second kappa shape index (κ2) is 7.72. The van der Waals surface area contributed by atoms with E-state index in [0.717, 1.165) is 33.1 Å². The van der Waals surface area contributed by atoms with Gasteiger partial charge in [0.2, 0.25) is 5.95 Å². The Hall–Kier alpha value is -3.24. The van der Waals surface area contributed by atoms with Crippen LogP contribution < -0.4 is 19.9 Å². The van der Waals surface area contributed by atoms with Crippen molar-refractivity contribution in [2.75, 3.05) is 11.9 Å². The number of H-pyrrole nitrogens is 1. The molecule has 164 valence electrons. The predicted molar refractivity (Wildman–Crippen MR) is 118 cm³/mol. The molecular weight excluding hydrogens is 463 g/mol. The number of alkyl halides is 3. The number of aromatic nitrogens is 3. The number of rotatable bonds is 4. The average Bonchev–Trinajstić information content (AvgIpc) is 3.35. The van der Waals surface area contributed by atoms with Crippen molar-refractivity contribution in [2.45, 2.75) is 13.1 Å². The molecule has 1 aliphatic heterocycles. The number of hydrogen-bond acceptors (Lipinski definition) is 6. The van der Waals surface area contributed by atoms with Gasteiger partial charge in [-0.25, -0.2) is 10.0 Å². The smallest absolute Gasteiger partial charge is 0.380 e. The van der Waals surface area contributed by atoms with E-state index in [1.54, 1.807) is 17.3 Å². The highest BCUT2D eigenvalue weighted by molar-refractivity contribution is 7.03. The first-order chi connectivity index (χ1) is 15.3. The van der Waals surface area contributed by atoms with Gasteiger partial charge in [0.15, 0.2) is 5.75 Å². The molecule has 0 saturated carbocycles. The van der Waals surface area contributed by atoms with Gasteiger partial charge in [0.25, 0.3) is 0 Å². The van der Waals surface area contributed by atoms with Gasteiger partial charge in [0, 0.05) is 17.1 Å². The fourth-order valence-corrected chi connectivity index (χ4v) is 4.25. The number of aromatic amines is 1. The average molecular weight is 478 g/mol. The molecule has 0 fully saturated rings. The summed E-state index contributed by atoms with van der Waals surface area (Å²) in [5.41, 5.74) is 1.22. The number of nitrogens with zero attached hydrogens (tertiary/aromatic N) is 3. The van der Waals surface area contributed by atoms with E-state index in [2.05, 4.69) is 19.7 Å². The van der Waals surface area contributed by atoms with Crippen LogP contribution in [0.15, 0.2) is 36.5 Å². The van der Waals surface area contributed by atoms with E-state index in [-0.39, 0.29) is 22.0 Å². The van der Waals surface area contributed by atoms with Crippen LogP contribution in [0, 0.1) is 6.92 Å². The SMILES string of the molecule is Cc1cc(ON2C=c3cnsc3=CC2)ccc1Nc1nc2c(Cl)cc(C(F)(F)F)cc2[nH]1. The summed E-state index contributed by atoms with van der Waals surface area (Å²) in [4.78, 5) is 13.1. The number of benzene rings is 2. The van der Waals surface area contributed by atoms with Crippen LogP contribution in [0.25, 0.3) is 23.3 Å². The zero-order valence-electron chi connectivity index (χ0n) is 16.5. The summed E-state index contributed by atoms with van der Waals surface area (Å²) < 4.78 is 44.4. The molecule has 6 nitrogen and oxygen atoms in total. The summed E-state index contributed by atoms with van der Waals surface area (Å²) in [7, 11) is 0. The van der Waals surface area contributed by atoms with Gasteiger partial charge in [-0.3, -0.25) is 0 Å². The zero-order valence-corrected chi connectivity index (χ0v) is 18.1. The number of imidazole rings is 1. The molecule has 0 spiro atoms. The maximum Gasteiger partial charge on any atom is 0.416 e. The van der Waals surface area contributed by atoms with Gasteiger partial charge in [-0.2, -0.15) is 17.5 Å². The molecule has 0 unspecified atom stereocenters. The fraction of sp³-hybridized carbons (Fsp3) is 0.143. The molecule has 0 saturated heterocycles. The molecule has 3 heterocycles. The largest absolute Gasteiger partial charge is 0.416 e. The van der Waals surface area contributed by atoms with Crippen molar-refractivity contribution in [3.63, 3.8) is 0 Å². The minimum Gasteiger partial charge on any atom is -0.380 e. The Labute approximate surface area is 188 Å². The van der Waals surface area contributed by atoms with E-state index in [9.17, 15) is 13.2 Å². The van der Waals surface area contributed by atoms with Crippen molar-refractivity contribution < 1.29 is 18.0 Å². The summed E-state index contributed by atoms with van der Waals surface area (Å²) in [6.07, 6.45) is 1.25. The number of hydrogen-bond donors (Lipinski definition) is 2. The van der Waals surface area contributed by atoms with Crippen molar-refractivity contribution >= 4 is 58.1 Å². The molecular formula is C21H15ClF3N5OS. The molecule has 0 amide bonds. The number of halogens is 4. The number of anilines is 2. The Morgan fingerprint density at radius 2 is 2.09 bits per heavy atom. The second-order valence-electron chi connectivity index (χ2n) is 7.21. The first kappa shape index (κ1) is 20.7. The fourth-order valence-electron chi connectivity index (χ4n) is 3.35. The van der Waals surface area contributed by atoms with E-state index in [1.165, 1.54) is 11.5 Å². The molecule has 4 aromatic rings. The molecule has 2 aromatic carbocycles. The van der Waals surface area contributed by atoms with E-state index >= 15 is 0 Å². The Morgan fingerprint density at radius 1 is 1.25 bits per heavy atom. The standard InChI is InChI=1S/C21H15ClF3N5OS/c1-11-6-14(31-30-5-4-18-12(10-30)9-26-32-18)2-3-16(11)27-20-28-17-8-13(21(23,24)25)7-15(22)19(17)29-20/h2-4,6-10H,5H2,1H3,(H2,27,28,29). The lowest BCUT2D eigenvalue weighted by atomic mass is 10.2. The molecule has 0 bridgehead atoms. The van der Waals surface area contributed by atoms with Crippen LogP contribution in [0.5, 0.6) is 5.75 Å². The Balaban J connectivity index is 1.36. The normalized spacial score (nSPS) is 13.5. The lowest BCUT2D eigenvalue weighted by Gasteiger charge is -2.21. The van der Waals surface area contributed by atoms with Gasteiger partial charge >= 0.3 is 6.18 Å². The minimum absolute atomic E-state index is 0.0711. The highest BCUT2D eigenvalue weighted by Gasteiger charge is 2.31. The third-order valence-electron chi connectivity index (χ3n) is 4.91. The summed E-state index contributed by atoms with van der Waals surface area (Å²) in [5, 5.41) is 5.75. The molecule has 5 rings (SSSR count). The molecule has 11 heteroatoms. The number of aryl methyl sites for hydroxylation is 1. The van der Waals surface area contributed by atoms with Crippen LogP contribution in [0.2, 0.25) is 5.02 Å². The Morgan fingerprint density at radius 3 is 2.88 bits per heavy atom. The highest BCUT2D eigenvalue weighted by Crippen LogP contribution is 2.35. The third-order valence-corrected chi connectivity index (χ3v) is 6.01. The van der Waals surface area contributed by atoms with Crippen molar-refractivity contribution in [1.82, 2.24) is 19.4 Å². The van der Waals surface area contributed by atoms with Gasteiger partial charge in [-0.1, -0.05) is 11.6 Å². The van der Waals surface area contributed by atoms with Gasteiger partial charge in [-0.15, -0.1) is 0 Å². The third kappa shape index (κ3) is 3.98. The number of fused-ring (bicyclic) bond motifs is 2. The van der Waals surface area contributed by atoms with Gasteiger partial charge in [0.05, 0.1) is 33.4 Å². The second-order valence-corrected chi connectivity index (χ2v) is 8.45. The van der Waals surface area contributed by atoms with Crippen molar-refractivity contribution in [1.29, 1.82) is 0 Å². The van der Waals surface area contributed by atoms with Gasteiger partial charge in [-0.05, 0) is 60.4 Å². The maximum atomic E-state index is 13.0. The maximum absolute atomic E-state index is 13.0. The predicted octanol–water partition coefficient (Wildman–Crippen LogP) is 4.57. The van der Waals surface area contributed by atoms with Crippen molar-refractivity contribution in [3.05, 3.63) is 62.4 Å².